The molecular weight excluding hydrogens is 356 g/mol. The van der Waals surface area contributed by atoms with Gasteiger partial charge in [0.25, 0.3) is 5.91 Å². The summed E-state index contributed by atoms with van der Waals surface area (Å²) in [5, 5.41) is 2.05. The van der Waals surface area contributed by atoms with Crippen LogP contribution in [0.3, 0.4) is 0 Å². The Morgan fingerprint density at radius 2 is 1.96 bits per heavy atom. The SMILES string of the molecule is O=C1c2c(cccc2-c2cncnc2)CN1CCc1ccc2sccc2n1. The largest absolute Gasteiger partial charge is 0.334 e. The summed E-state index contributed by atoms with van der Waals surface area (Å²) >= 11 is 1.69. The van der Waals surface area contributed by atoms with Gasteiger partial charge in [0, 0.05) is 43.2 Å². The summed E-state index contributed by atoms with van der Waals surface area (Å²) < 4.78 is 1.19. The molecule has 27 heavy (non-hydrogen) atoms. The number of pyridine rings is 1. The highest BCUT2D eigenvalue weighted by molar-refractivity contribution is 7.17. The van der Waals surface area contributed by atoms with E-state index in [1.165, 1.54) is 11.0 Å². The lowest BCUT2D eigenvalue weighted by Gasteiger charge is -2.15. The number of amides is 1. The molecule has 0 spiro atoms. The summed E-state index contributed by atoms with van der Waals surface area (Å²) in [5.74, 6) is 0.0704. The molecule has 3 aromatic heterocycles. The van der Waals surface area contributed by atoms with Gasteiger partial charge in [-0.2, -0.15) is 0 Å². The van der Waals surface area contributed by atoms with Crippen molar-refractivity contribution in [3.63, 3.8) is 0 Å². The fraction of sp³-hybridized carbons (Fsp3) is 0.143. The molecule has 0 saturated carbocycles. The van der Waals surface area contributed by atoms with Crippen LogP contribution in [0.5, 0.6) is 0 Å². The van der Waals surface area contributed by atoms with Crippen LogP contribution in [0.25, 0.3) is 21.3 Å². The fourth-order valence-corrected chi connectivity index (χ4v) is 4.29. The summed E-state index contributed by atoms with van der Waals surface area (Å²) in [6.45, 7) is 1.29. The summed E-state index contributed by atoms with van der Waals surface area (Å²) in [4.78, 5) is 27.8. The molecule has 1 aromatic carbocycles. The number of carbonyl (C=O) groups is 1. The third-order valence-electron chi connectivity index (χ3n) is 4.89. The molecule has 0 fully saturated rings. The maximum atomic E-state index is 13.0. The van der Waals surface area contributed by atoms with E-state index in [2.05, 4.69) is 27.5 Å². The van der Waals surface area contributed by atoms with Gasteiger partial charge in [0.15, 0.2) is 0 Å². The molecule has 0 aliphatic carbocycles. The normalized spacial score (nSPS) is 13.3. The van der Waals surface area contributed by atoms with Gasteiger partial charge in [0.05, 0.1) is 15.8 Å². The van der Waals surface area contributed by atoms with Gasteiger partial charge in [-0.25, -0.2) is 9.97 Å². The highest BCUT2D eigenvalue weighted by Gasteiger charge is 2.30. The van der Waals surface area contributed by atoms with Gasteiger partial charge in [-0.1, -0.05) is 18.2 Å². The van der Waals surface area contributed by atoms with Gasteiger partial charge in [0.1, 0.15) is 6.33 Å². The first-order valence-electron chi connectivity index (χ1n) is 8.79. The predicted molar refractivity (Wildman–Crippen MR) is 106 cm³/mol. The number of nitrogens with zero attached hydrogens (tertiary/aromatic N) is 4. The Balaban J connectivity index is 1.38. The molecule has 0 bridgehead atoms. The van der Waals surface area contributed by atoms with Gasteiger partial charge in [0.2, 0.25) is 0 Å². The fourth-order valence-electron chi connectivity index (χ4n) is 3.56. The summed E-state index contributed by atoms with van der Waals surface area (Å²) in [7, 11) is 0. The van der Waals surface area contributed by atoms with Crippen molar-refractivity contribution in [2.75, 3.05) is 6.54 Å². The summed E-state index contributed by atoms with van der Waals surface area (Å²) in [5.41, 5.74) is 5.64. The zero-order chi connectivity index (χ0) is 18.2. The maximum absolute atomic E-state index is 13.0. The second-order valence-electron chi connectivity index (χ2n) is 6.55. The lowest BCUT2D eigenvalue weighted by molar-refractivity contribution is 0.0780. The average molecular weight is 372 g/mol. The molecule has 1 aliphatic heterocycles. The van der Waals surface area contributed by atoms with Gasteiger partial charge in [-0.15, -0.1) is 11.3 Å². The molecule has 1 amide bonds. The highest BCUT2D eigenvalue weighted by atomic mass is 32.1. The Labute approximate surface area is 160 Å². The van der Waals surface area contributed by atoms with Crippen molar-refractivity contribution in [2.24, 2.45) is 0 Å². The number of hydrogen-bond donors (Lipinski definition) is 0. The van der Waals surface area contributed by atoms with E-state index in [1.54, 1.807) is 23.7 Å². The van der Waals surface area contributed by atoms with Crippen molar-refractivity contribution in [3.05, 3.63) is 77.3 Å². The third kappa shape index (κ3) is 2.88. The van der Waals surface area contributed by atoms with Crippen LogP contribution in [0, 0.1) is 0 Å². The highest BCUT2D eigenvalue weighted by Crippen LogP contribution is 2.32. The number of carbonyl (C=O) groups excluding carboxylic acids is 1. The van der Waals surface area contributed by atoms with Crippen LogP contribution >= 0.6 is 11.3 Å². The van der Waals surface area contributed by atoms with E-state index in [-0.39, 0.29) is 5.91 Å². The molecule has 132 valence electrons. The van der Waals surface area contributed by atoms with E-state index < -0.39 is 0 Å². The van der Waals surface area contributed by atoms with Crippen LogP contribution in [0.2, 0.25) is 0 Å². The van der Waals surface area contributed by atoms with Crippen molar-refractivity contribution >= 4 is 27.5 Å². The molecule has 4 aromatic rings. The molecule has 0 N–H and O–H groups in total. The molecule has 5 rings (SSSR count). The van der Waals surface area contributed by atoms with Gasteiger partial charge in [-0.05, 0) is 34.7 Å². The third-order valence-corrected chi connectivity index (χ3v) is 5.76. The lowest BCUT2D eigenvalue weighted by atomic mass is 9.99. The number of benzene rings is 1. The van der Waals surface area contributed by atoms with Gasteiger partial charge in [-0.3, -0.25) is 9.78 Å². The minimum atomic E-state index is 0.0704. The zero-order valence-electron chi connectivity index (χ0n) is 14.5. The molecule has 0 radical (unpaired) electrons. The molecule has 0 atom stereocenters. The second-order valence-corrected chi connectivity index (χ2v) is 7.50. The molecule has 1 aliphatic rings. The maximum Gasteiger partial charge on any atom is 0.255 e. The van der Waals surface area contributed by atoms with Crippen LogP contribution in [-0.4, -0.2) is 32.3 Å². The quantitative estimate of drug-likeness (QED) is 0.544. The van der Waals surface area contributed by atoms with Crippen LogP contribution in [0.4, 0.5) is 0 Å². The zero-order valence-corrected chi connectivity index (χ0v) is 15.3. The van der Waals surface area contributed by atoms with Crippen molar-refractivity contribution in [3.8, 4) is 11.1 Å². The number of thiophene rings is 1. The number of rotatable bonds is 4. The van der Waals surface area contributed by atoms with Crippen molar-refractivity contribution < 1.29 is 4.79 Å². The van der Waals surface area contributed by atoms with E-state index >= 15 is 0 Å². The van der Waals surface area contributed by atoms with Crippen molar-refractivity contribution in [1.82, 2.24) is 19.9 Å². The molecule has 4 heterocycles. The number of hydrogen-bond acceptors (Lipinski definition) is 5. The minimum absolute atomic E-state index is 0.0704. The molecular formula is C21H16N4OS. The van der Waals surface area contributed by atoms with E-state index in [0.29, 0.717) is 13.1 Å². The Bertz CT molecular complexity index is 1140. The van der Waals surface area contributed by atoms with Crippen molar-refractivity contribution in [2.45, 2.75) is 13.0 Å². The predicted octanol–water partition coefficient (Wildman–Crippen LogP) is 3.95. The van der Waals surface area contributed by atoms with Crippen LogP contribution < -0.4 is 0 Å². The minimum Gasteiger partial charge on any atom is -0.334 e. The van der Waals surface area contributed by atoms with Crippen LogP contribution in [-0.2, 0) is 13.0 Å². The molecule has 6 heteroatoms. The average Bonchev–Trinajstić information content (AvgIpc) is 3.31. The number of fused-ring (bicyclic) bond motifs is 2. The molecule has 0 unspecified atom stereocenters. The van der Waals surface area contributed by atoms with Crippen LogP contribution in [0.1, 0.15) is 21.6 Å². The van der Waals surface area contributed by atoms with Gasteiger partial charge >= 0.3 is 0 Å². The monoisotopic (exact) mass is 372 g/mol. The first-order valence-corrected chi connectivity index (χ1v) is 9.67. The first kappa shape index (κ1) is 16.1. The van der Waals surface area contributed by atoms with E-state index in [0.717, 1.165) is 39.9 Å². The summed E-state index contributed by atoms with van der Waals surface area (Å²) in [6, 6.07) is 12.2. The Kier molecular flexibility index (Phi) is 3.90. The standard InChI is InChI=1S/C21H16N4OS/c26-21-20-14(2-1-3-17(20)15-10-22-13-23-11-15)12-25(21)8-6-16-4-5-19-18(24-16)7-9-27-19/h1-5,7,9-11,13H,6,8,12H2. The Hall–Kier alpha value is -3.12. The first-order chi connectivity index (χ1) is 13.3. The number of aromatic nitrogens is 3. The van der Waals surface area contributed by atoms with Crippen molar-refractivity contribution in [1.29, 1.82) is 0 Å². The molecule has 5 nitrogen and oxygen atoms in total. The van der Waals surface area contributed by atoms with Crippen LogP contribution in [0.15, 0.2) is 60.5 Å². The van der Waals surface area contributed by atoms with E-state index in [4.69, 9.17) is 4.98 Å². The Morgan fingerprint density at radius 1 is 1.07 bits per heavy atom. The molecule has 0 saturated heterocycles. The summed E-state index contributed by atoms with van der Waals surface area (Å²) in [6.07, 6.45) is 5.74. The lowest BCUT2D eigenvalue weighted by Crippen LogP contribution is -2.26. The topological polar surface area (TPSA) is 59.0 Å². The van der Waals surface area contributed by atoms with E-state index in [1.807, 2.05) is 29.2 Å². The Morgan fingerprint density at radius 3 is 2.85 bits per heavy atom. The smallest absolute Gasteiger partial charge is 0.255 e. The van der Waals surface area contributed by atoms with Gasteiger partial charge < -0.3 is 4.90 Å². The second kappa shape index (κ2) is 6.55. The van der Waals surface area contributed by atoms with E-state index in [9.17, 15) is 4.79 Å².